The monoisotopic (exact) mass is 313 g/mol. The van der Waals surface area contributed by atoms with E-state index in [2.05, 4.69) is 17.0 Å². The Labute approximate surface area is 134 Å². The molecule has 1 amide bonds. The first-order chi connectivity index (χ1) is 9.71. The van der Waals surface area contributed by atoms with Crippen molar-refractivity contribution in [2.75, 3.05) is 39.3 Å². The first kappa shape index (κ1) is 19.9. The van der Waals surface area contributed by atoms with Crippen LogP contribution in [0.25, 0.3) is 0 Å². The van der Waals surface area contributed by atoms with Crippen LogP contribution in [0.15, 0.2) is 30.3 Å². The maximum atomic E-state index is 12.1. The molecule has 0 radical (unpaired) electrons. The number of hydrogen-bond donors (Lipinski definition) is 1. The molecule has 0 heterocycles. The van der Waals surface area contributed by atoms with Crippen molar-refractivity contribution in [1.29, 1.82) is 0 Å². The largest absolute Gasteiger partial charge is 0.342 e. The summed E-state index contributed by atoms with van der Waals surface area (Å²) in [4.78, 5) is 16.2. The van der Waals surface area contributed by atoms with Gasteiger partial charge in [-0.3, -0.25) is 9.69 Å². The topological polar surface area (TPSA) is 49.6 Å². The molecule has 0 bridgehead atoms. The van der Waals surface area contributed by atoms with Crippen molar-refractivity contribution in [1.82, 2.24) is 9.80 Å². The van der Waals surface area contributed by atoms with Gasteiger partial charge >= 0.3 is 0 Å². The highest BCUT2D eigenvalue weighted by molar-refractivity contribution is 5.85. The lowest BCUT2D eigenvalue weighted by atomic mass is 10.1. The number of benzene rings is 1. The zero-order chi connectivity index (χ0) is 14.8. The number of amides is 1. The van der Waals surface area contributed by atoms with Gasteiger partial charge in [0.2, 0.25) is 5.91 Å². The number of carbonyl (C=O) groups is 1. The summed E-state index contributed by atoms with van der Waals surface area (Å²) in [7, 11) is 0. The van der Waals surface area contributed by atoms with Gasteiger partial charge in [0, 0.05) is 32.7 Å². The quantitative estimate of drug-likeness (QED) is 0.756. The van der Waals surface area contributed by atoms with Crippen LogP contribution in [0.5, 0.6) is 0 Å². The van der Waals surface area contributed by atoms with Gasteiger partial charge in [0.25, 0.3) is 0 Å². The number of rotatable bonds is 9. The van der Waals surface area contributed by atoms with Crippen LogP contribution in [0.1, 0.15) is 19.4 Å². The summed E-state index contributed by atoms with van der Waals surface area (Å²) in [6.07, 6.45) is 0.951. The lowest BCUT2D eigenvalue weighted by Gasteiger charge is -2.25. The van der Waals surface area contributed by atoms with Gasteiger partial charge in [-0.1, -0.05) is 30.3 Å². The molecular formula is C16H28ClN3O. The molecule has 0 aromatic heterocycles. The Kier molecular flexibility index (Phi) is 10.9. The lowest BCUT2D eigenvalue weighted by Crippen LogP contribution is -2.42. The number of nitrogens with zero attached hydrogens (tertiary/aromatic N) is 2. The van der Waals surface area contributed by atoms with E-state index in [0.717, 1.165) is 32.6 Å². The van der Waals surface area contributed by atoms with E-state index >= 15 is 0 Å². The van der Waals surface area contributed by atoms with Crippen LogP contribution in [-0.4, -0.2) is 55.0 Å². The van der Waals surface area contributed by atoms with Crippen LogP contribution in [0.3, 0.4) is 0 Å². The van der Waals surface area contributed by atoms with Crippen molar-refractivity contribution in [2.45, 2.75) is 20.3 Å². The predicted octanol–water partition coefficient (Wildman–Crippen LogP) is 1.78. The zero-order valence-corrected chi connectivity index (χ0v) is 13.9. The van der Waals surface area contributed by atoms with Crippen molar-refractivity contribution in [2.24, 2.45) is 5.73 Å². The molecule has 1 rings (SSSR count). The molecule has 21 heavy (non-hydrogen) atoms. The normalized spacial score (nSPS) is 10.3. The minimum atomic E-state index is 0. The third-order valence-electron chi connectivity index (χ3n) is 3.48. The summed E-state index contributed by atoms with van der Waals surface area (Å²) < 4.78 is 0. The number of likely N-dealkylation sites (N-methyl/N-ethyl adjacent to an activating group) is 1. The van der Waals surface area contributed by atoms with Gasteiger partial charge in [-0.05, 0) is 25.8 Å². The van der Waals surface area contributed by atoms with Crippen LogP contribution < -0.4 is 5.73 Å². The third kappa shape index (κ3) is 7.46. The van der Waals surface area contributed by atoms with Crippen LogP contribution in [0.4, 0.5) is 0 Å². The Hall–Kier alpha value is -1.10. The van der Waals surface area contributed by atoms with Gasteiger partial charge < -0.3 is 10.6 Å². The fourth-order valence-corrected chi connectivity index (χ4v) is 2.25. The van der Waals surface area contributed by atoms with E-state index in [1.165, 1.54) is 5.56 Å². The van der Waals surface area contributed by atoms with Crippen LogP contribution in [0, 0.1) is 0 Å². The molecule has 0 saturated heterocycles. The van der Waals surface area contributed by atoms with Gasteiger partial charge in [0.1, 0.15) is 0 Å². The molecule has 0 aliphatic heterocycles. The van der Waals surface area contributed by atoms with Gasteiger partial charge in [-0.15, -0.1) is 12.4 Å². The van der Waals surface area contributed by atoms with Gasteiger partial charge in [-0.25, -0.2) is 0 Å². The Bertz CT molecular complexity index is 382. The second kappa shape index (κ2) is 11.5. The van der Waals surface area contributed by atoms with Crippen molar-refractivity contribution in [3.05, 3.63) is 35.9 Å². The standard InChI is InChI=1S/C16H27N3O.ClH/c1-3-19(4-2)16(20)14-18(13-11-17)12-10-15-8-6-5-7-9-15;/h5-9H,3-4,10-14,17H2,1-2H3;1H. The van der Waals surface area contributed by atoms with E-state index in [4.69, 9.17) is 5.73 Å². The molecule has 0 aliphatic rings. The van der Waals surface area contributed by atoms with E-state index in [9.17, 15) is 4.79 Å². The number of halogens is 1. The highest BCUT2D eigenvalue weighted by atomic mass is 35.5. The van der Waals surface area contributed by atoms with Gasteiger partial charge in [0.15, 0.2) is 0 Å². The number of nitrogens with two attached hydrogens (primary N) is 1. The summed E-state index contributed by atoms with van der Waals surface area (Å²) in [5, 5.41) is 0. The van der Waals surface area contributed by atoms with E-state index in [1.807, 2.05) is 36.9 Å². The van der Waals surface area contributed by atoms with Gasteiger partial charge in [-0.2, -0.15) is 0 Å². The molecular weight excluding hydrogens is 286 g/mol. The molecule has 1 aromatic rings. The highest BCUT2D eigenvalue weighted by Gasteiger charge is 2.14. The second-order valence-electron chi connectivity index (χ2n) is 4.87. The molecule has 2 N–H and O–H groups in total. The molecule has 4 nitrogen and oxygen atoms in total. The average molecular weight is 314 g/mol. The van der Waals surface area contributed by atoms with Crippen LogP contribution in [-0.2, 0) is 11.2 Å². The van der Waals surface area contributed by atoms with Crippen molar-refractivity contribution >= 4 is 18.3 Å². The molecule has 120 valence electrons. The van der Waals surface area contributed by atoms with E-state index in [1.54, 1.807) is 0 Å². The van der Waals surface area contributed by atoms with Crippen LogP contribution in [0.2, 0.25) is 0 Å². The number of carbonyl (C=O) groups excluding carboxylic acids is 1. The lowest BCUT2D eigenvalue weighted by molar-refractivity contribution is -0.132. The van der Waals surface area contributed by atoms with E-state index in [-0.39, 0.29) is 18.3 Å². The Morgan fingerprint density at radius 2 is 1.71 bits per heavy atom. The summed E-state index contributed by atoms with van der Waals surface area (Å²) in [6, 6.07) is 10.3. The minimum Gasteiger partial charge on any atom is -0.342 e. The predicted molar refractivity (Wildman–Crippen MR) is 90.8 cm³/mol. The fourth-order valence-electron chi connectivity index (χ4n) is 2.25. The van der Waals surface area contributed by atoms with Crippen LogP contribution >= 0.6 is 12.4 Å². The van der Waals surface area contributed by atoms with E-state index in [0.29, 0.717) is 13.1 Å². The average Bonchev–Trinajstić information content (AvgIpc) is 2.47. The second-order valence-corrected chi connectivity index (χ2v) is 4.87. The molecule has 1 aromatic carbocycles. The first-order valence-electron chi connectivity index (χ1n) is 7.45. The molecule has 0 fully saturated rings. The highest BCUT2D eigenvalue weighted by Crippen LogP contribution is 2.02. The number of hydrogen-bond acceptors (Lipinski definition) is 3. The van der Waals surface area contributed by atoms with Gasteiger partial charge in [0.05, 0.1) is 6.54 Å². The molecule has 0 unspecified atom stereocenters. The third-order valence-corrected chi connectivity index (χ3v) is 3.48. The molecule has 0 spiro atoms. The summed E-state index contributed by atoms with van der Waals surface area (Å²) in [6.45, 7) is 8.24. The van der Waals surface area contributed by atoms with Crippen molar-refractivity contribution in [3.63, 3.8) is 0 Å². The smallest absolute Gasteiger partial charge is 0.236 e. The summed E-state index contributed by atoms with van der Waals surface area (Å²) >= 11 is 0. The minimum absolute atomic E-state index is 0. The molecule has 5 heteroatoms. The van der Waals surface area contributed by atoms with Crippen molar-refractivity contribution < 1.29 is 4.79 Å². The Morgan fingerprint density at radius 1 is 1.10 bits per heavy atom. The first-order valence-corrected chi connectivity index (χ1v) is 7.45. The summed E-state index contributed by atoms with van der Waals surface area (Å²) in [5.74, 6) is 0.191. The maximum absolute atomic E-state index is 12.1. The zero-order valence-electron chi connectivity index (χ0n) is 13.1. The molecule has 0 saturated carbocycles. The maximum Gasteiger partial charge on any atom is 0.236 e. The Morgan fingerprint density at radius 3 is 2.24 bits per heavy atom. The SMILES string of the molecule is CCN(CC)C(=O)CN(CCN)CCc1ccccc1.Cl. The van der Waals surface area contributed by atoms with Crippen molar-refractivity contribution in [3.8, 4) is 0 Å². The fraction of sp³-hybridized carbons (Fsp3) is 0.562. The van der Waals surface area contributed by atoms with E-state index < -0.39 is 0 Å². The summed E-state index contributed by atoms with van der Waals surface area (Å²) in [5.41, 5.74) is 6.94. The molecule has 0 atom stereocenters. The Balaban J connectivity index is 0.00000400. The molecule has 0 aliphatic carbocycles.